The third-order valence-electron chi connectivity index (χ3n) is 4.45. The highest BCUT2D eigenvalue weighted by atomic mass is 32.2. The number of rotatable bonds is 5. The maximum atomic E-state index is 12.4. The molecule has 1 aliphatic rings. The number of benzene rings is 1. The molecule has 1 fully saturated rings. The highest BCUT2D eigenvalue weighted by Crippen LogP contribution is 2.23. The highest BCUT2D eigenvalue weighted by molar-refractivity contribution is 7.92. The number of sulfone groups is 1. The number of pyridine rings is 1. The smallest absolute Gasteiger partial charge is 0.263 e. The van der Waals surface area contributed by atoms with Crippen molar-refractivity contribution < 1.29 is 16.8 Å². The van der Waals surface area contributed by atoms with Crippen LogP contribution in [0.15, 0.2) is 47.5 Å². The Morgan fingerprint density at radius 2 is 2.00 bits per heavy atom. The first-order valence-corrected chi connectivity index (χ1v) is 11.5. The fourth-order valence-electron chi connectivity index (χ4n) is 2.93. The Bertz CT molecular complexity index is 1000. The van der Waals surface area contributed by atoms with Gasteiger partial charge in [0.05, 0.1) is 28.3 Å². The van der Waals surface area contributed by atoms with E-state index in [9.17, 15) is 16.8 Å². The van der Waals surface area contributed by atoms with Crippen molar-refractivity contribution in [2.45, 2.75) is 24.3 Å². The summed E-state index contributed by atoms with van der Waals surface area (Å²) in [6.45, 7) is 1.82. The summed E-state index contributed by atoms with van der Waals surface area (Å²) in [4.78, 5) is 6.21. The van der Waals surface area contributed by atoms with E-state index in [1.54, 1.807) is 30.5 Å². The lowest BCUT2D eigenvalue weighted by atomic mass is 10.2. The predicted octanol–water partition coefficient (Wildman–Crippen LogP) is 1.81. The first kappa shape index (κ1) is 18.7. The standard InChI is InChI=1S/C17H21N3O4S2/c1-13-4-3-5-16(10-13)26(23,24)19-17-7-6-14(11-18-17)20(2)15-8-9-25(21,22)12-15/h3-7,10-11,15H,8-9,12H2,1-2H3,(H,18,19). The van der Waals surface area contributed by atoms with Crippen LogP contribution >= 0.6 is 0 Å². The number of hydrogen-bond acceptors (Lipinski definition) is 6. The van der Waals surface area contributed by atoms with Crippen LogP contribution in [-0.4, -0.2) is 46.4 Å². The molecule has 7 nitrogen and oxygen atoms in total. The fourth-order valence-corrected chi connectivity index (χ4v) is 5.81. The van der Waals surface area contributed by atoms with Crippen molar-refractivity contribution >= 4 is 31.4 Å². The van der Waals surface area contributed by atoms with Gasteiger partial charge in [-0.05, 0) is 43.2 Å². The van der Waals surface area contributed by atoms with Crippen molar-refractivity contribution in [3.05, 3.63) is 48.2 Å². The average Bonchev–Trinajstić information content (AvgIpc) is 2.94. The largest absolute Gasteiger partial charge is 0.369 e. The molecule has 1 atom stereocenters. The van der Waals surface area contributed by atoms with Gasteiger partial charge in [-0.1, -0.05) is 12.1 Å². The first-order valence-electron chi connectivity index (χ1n) is 8.15. The SMILES string of the molecule is Cc1cccc(S(=O)(=O)Nc2ccc(N(C)C3CCS(=O)(=O)C3)cn2)c1. The molecule has 2 heterocycles. The molecule has 0 saturated carbocycles. The van der Waals surface area contributed by atoms with Crippen LogP contribution in [0.1, 0.15) is 12.0 Å². The molecule has 26 heavy (non-hydrogen) atoms. The molecule has 1 saturated heterocycles. The zero-order chi connectivity index (χ0) is 18.9. The molecule has 9 heteroatoms. The zero-order valence-electron chi connectivity index (χ0n) is 14.6. The number of aryl methyl sites for hydroxylation is 1. The molecule has 1 aliphatic heterocycles. The molecule has 1 aromatic carbocycles. The molecule has 1 N–H and O–H groups in total. The molecule has 140 valence electrons. The number of sulfonamides is 1. The lowest BCUT2D eigenvalue weighted by molar-refractivity contribution is 0.599. The van der Waals surface area contributed by atoms with E-state index in [2.05, 4.69) is 9.71 Å². The van der Waals surface area contributed by atoms with Crippen LogP contribution in [-0.2, 0) is 19.9 Å². The number of nitrogens with zero attached hydrogens (tertiary/aromatic N) is 2. The highest BCUT2D eigenvalue weighted by Gasteiger charge is 2.30. The Morgan fingerprint density at radius 1 is 1.23 bits per heavy atom. The summed E-state index contributed by atoms with van der Waals surface area (Å²) >= 11 is 0. The molecular formula is C17H21N3O4S2. The van der Waals surface area contributed by atoms with Gasteiger partial charge in [0.15, 0.2) is 9.84 Å². The Morgan fingerprint density at radius 3 is 2.58 bits per heavy atom. The number of nitrogens with one attached hydrogen (secondary N) is 1. The second kappa shape index (κ2) is 6.88. The van der Waals surface area contributed by atoms with Crippen LogP contribution in [0.4, 0.5) is 11.5 Å². The summed E-state index contributed by atoms with van der Waals surface area (Å²) in [7, 11) is -4.86. The summed E-state index contributed by atoms with van der Waals surface area (Å²) in [6.07, 6.45) is 2.12. The molecule has 1 unspecified atom stereocenters. The maximum Gasteiger partial charge on any atom is 0.263 e. The molecule has 0 radical (unpaired) electrons. The van der Waals surface area contributed by atoms with Gasteiger partial charge < -0.3 is 4.90 Å². The first-order chi connectivity index (χ1) is 12.2. The van der Waals surface area contributed by atoms with Gasteiger partial charge in [0.1, 0.15) is 5.82 Å². The summed E-state index contributed by atoms with van der Waals surface area (Å²) < 4.78 is 50.6. The van der Waals surface area contributed by atoms with E-state index in [0.717, 1.165) is 11.3 Å². The lowest BCUT2D eigenvalue weighted by Crippen LogP contribution is -2.32. The van der Waals surface area contributed by atoms with Gasteiger partial charge >= 0.3 is 0 Å². The normalized spacial score (nSPS) is 19.2. The van der Waals surface area contributed by atoms with Crippen molar-refractivity contribution in [2.75, 3.05) is 28.2 Å². The predicted molar refractivity (Wildman–Crippen MR) is 102 cm³/mol. The summed E-state index contributed by atoms with van der Waals surface area (Å²) in [6, 6.07) is 9.84. The fraction of sp³-hybridized carbons (Fsp3) is 0.353. The van der Waals surface area contributed by atoms with Crippen LogP contribution in [0.5, 0.6) is 0 Å². The van der Waals surface area contributed by atoms with Crippen molar-refractivity contribution in [1.29, 1.82) is 0 Å². The summed E-state index contributed by atoms with van der Waals surface area (Å²) in [5.41, 5.74) is 1.59. The van der Waals surface area contributed by atoms with Gasteiger partial charge in [-0.3, -0.25) is 4.72 Å². The molecular weight excluding hydrogens is 374 g/mol. The molecule has 2 aromatic rings. The van der Waals surface area contributed by atoms with Crippen LogP contribution in [0, 0.1) is 6.92 Å². The van der Waals surface area contributed by atoms with E-state index in [1.807, 2.05) is 24.9 Å². The topological polar surface area (TPSA) is 96.4 Å². The van der Waals surface area contributed by atoms with Gasteiger partial charge in [0, 0.05) is 13.1 Å². The van der Waals surface area contributed by atoms with E-state index < -0.39 is 19.9 Å². The molecule has 0 bridgehead atoms. The van der Waals surface area contributed by atoms with Gasteiger partial charge in [-0.15, -0.1) is 0 Å². The number of anilines is 2. The van der Waals surface area contributed by atoms with Crippen LogP contribution in [0.3, 0.4) is 0 Å². The van der Waals surface area contributed by atoms with Crippen molar-refractivity contribution in [3.8, 4) is 0 Å². The van der Waals surface area contributed by atoms with Crippen molar-refractivity contribution in [3.63, 3.8) is 0 Å². The van der Waals surface area contributed by atoms with Crippen molar-refractivity contribution in [2.24, 2.45) is 0 Å². The molecule has 0 spiro atoms. The molecule has 3 rings (SSSR count). The minimum Gasteiger partial charge on any atom is -0.369 e. The second-order valence-corrected chi connectivity index (χ2v) is 10.4. The third kappa shape index (κ3) is 4.16. The maximum absolute atomic E-state index is 12.4. The zero-order valence-corrected chi connectivity index (χ0v) is 16.2. The van der Waals surface area contributed by atoms with E-state index in [4.69, 9.17) is 0 Å². The average molecular weight is 396 g/mol. The number of aromatic nitrogens is 1. The monoisotopic (exact) mass is 395 g/mol. The van der Waals surface area contributed by atoms with E-state index in [1.165, 1.54) is 6.07 Å². The Hall–Kier alpha value is -2.13. The van der Waals surface area contributed by atoms with Crippen LogP contribution in [0.25, 0.3) is 0 Å². The Balaban J connectivity index is 1.74. The summed E-state index contributed by atoms with van der Waals surface area (Å²) in [5.74, 6) is 0.539. The number of hydrogen-bond donors (Lipinski definition) is 1. The quantitative estimate of drug-likeness (QED) is 0.829. The molecule has 0 aliphatic carbocycles. The Labute approximate surface area is 154 Å². The minimum atomic E-state index is -3.71. The van der Waals surface area contributed by atoms with Crippen molar-refractivity contribution in [1.82, 2.24) is 4.98 Å². The van der Waals surface area contributed by atoms with E-state index in [0.29, 0.717) is 6.42 Å². The van der Waals surface area contributed by atoms with Crippen LogP contribution in [0.2, 0.25) is 0 Å². The second-order valence-electron chi connectivity index (χ2n) is 6.49. The van der Waals surface area contributed by atoms with Gasteiger partial charge in [0.25, 0.3) is 10.0 Å². The molecule has 1 aromatic heterocycles. The van der Waals surface area contributed by atoms with E-state index >= 15 is 0 Å². The summed E-state index contributed by atoms with van der Waals surface area (Å²) in [5, 5.41) is 0. The van der Waals surface area contributed by atoms with E-state index in [-0.39, 0.29) is 28.3 Å². The van der Waals surface area contributed by atoms with Crippen LogP contribution < -0.4 is 9.62 Å². The van der Waals surface area contributed by atoms with Gasteiger partial charge in [-0.2, -0.15) is 0 Å². The van der Waals surface area contributed by atoms with Gasteiger partial charge in [0.2, 0.25) is 0 Å². The Kier molecular flexibility index (Phi) is 4.94. The lowest BCUT2D eigenvalue weighted by Gasteiger charge is -2.25. The minimum absolute atomic E-state index is 0.0864. The third-order valence-corrected chi connectivity index (χ3v) is 7.55. The molecule has 0 amide bonds. The van der Waals surface area contributed by atoms with Gasteiger partial charge in [-0.25, -0.2) is 21.8 Å².